The molecule has 0 radical (unpaired) electrons. The van der Waals surface area contributed by atoms with Crippen molar-refractivity contribution in [1.82, 2.24) is 0 Å². The van der Waals surface area contributed by atoms with Gasteiger partial charge in [0.2, 0.25) is 0 Å². The number of rotatable bonds is 4. The fraction of sp³-hybridized carbons (Fsp3) is 0.556. The van der Waals surface area contributed by atoms with Crippen LogP contribution in [0, 0.1) is 5.41 Å². The summed E-state index contributed by atoms with van der Waals surface area (Å²) < 4.78 is 35.9. The van der Waals surface area contributed by atoms with Crippen LogP contribution < -0.4 is 0 Å². The Bertz CT molecular complexity index is 251. The minimum absolute atomic E-state index is 0.496. The smallest absolute Gasteiger partial charge is 0.308 e. The summed E-state index contributed by atoms with van der Waals surface area (Å²) in [6.45, 7) is 2.79. The molecule has 0 unspecified atom stereocenters. The van der Waals surface area contributed by atoms with Crippen molar-refractivity contribution < 1.29 is 13.2 Å². The lowest BCUT2D eigenvalue weighted by Crippen LogP contribution is -2.18. The molecule has 0 aromatic carbocycles. The first-order valence-electron chi connectivity index (χ1n) is 4.23. The molecule has 80 valence electrons. The lowest BCUT2D eigenvalue weighted by molar-refractivity contribution is -0.0591. The molecule has 0 bridgehead atoms. The molecular weight excluding hydrogens is 193 g/mol. The Morgan fingerprint density at radius 3 is 2.36 bits per heavy atom. The Labute approximate surface area is 81.0 Å². The Balaban J connectivity index is 4.57. The van der Waals surface area contributed by atoms with Gasteiger partial charge < -0.3 is 5.41 Å². The molecule has 0 aromatic heterocycles. The molecule has 0 saturated carbocycles. The number of aliphatic imine (C=N–C) groups is 1. The van der Waals surface area contributed by atoms with E-state index in [4.69, 9.17) is 5.41 Å². The molecule has 14 heavy (non-hydrogen) atoms. The van der Waals surface area contributed by atoms with Crippen molar-refractivity contribution in [2.24, 2.45) is 4.99 Å². The second-order valence-corrected chi connectivity index (χ2v) is 2.81. The Morgan fingerprint density at radius 1 is 1.43 bits per heavy atom. The highest BCUT2D eigenvalue weighted by Crippen LogP contribution is 2.17. The van der Waals surface area contributed by atoms with Crippen LogP contribution in [0.5, 0.6) is 0 Å². The highest BCUT2D eigenvalue weighted by Gasteiger charge is 2.31. The first-order chi connectivity index (χ1) is 6.41. The summed E-state index contributed by atoms with van der Waals surface area (Å²) in [4.78, 5) is 3.26. The number of allylic oxidation sites excluding steroid dienone is 1. The second-order valence-electron chi connectivity index (χ2n) is 2.81. The fourth-order valence-corrected chi connectivity index (χ4v) is 0.716. The standard InChI is InChI=1S/C9H13F3N2/c1-3-4-8(5-13)6-14-7(2)9(10,11)12/h5-6,13H,3-4H2,1-2H3/b8-6-,13-5?,14-7+. The zero-order chi connectivity index (χ0) is 11.2. The molecule has 0 heterocycles. The highest BCUT2D eigenvalue weighted by molar-refractivity contribution is 5.88. The normalized spacial score (nSPS) is 14.4. The third-order valence-corrected chi connectivity index (χ3v) is 1.56. The largest absolute Gasteiger partial charge is 0.429 e. The van der Waals surface area contributed by atoms with Gasteiger partial charge in [0.1, 0.15) is 5.71 Å². The molecule has 0 aliphatic rings. The molecule has 5 heteroatoms. The van der Waals surface area contributed by atoms with Crippen LogP contribution in [0.3, 0.4) is 0 Å². The lowest BCUT2D eigenvalue weighted by Gasteiger charge is -2.03. The van der Waals surface area contributed by atoms with Crippen molar-refractivity contribution in [1.29, 1.82) is 5.41 Å². The average Bonchev–Trinajstić information content (AvgIpc) is 2.10. The van der Waals surface area contributed by atoms with Gasteiger partial charge in [0.05, 0.1) is 0 Å². The first-order valence-corrected chi connectivity index (χ1v) is 4.23. The van der Waals surface area contributed by atoms with Crippen LogP contribution in [0.25, 0.3) is 0 Å². The average molecular weight is 206 g/mol. The van der Waals surface area contributed by atoms with Crippen molar-refractivity contribution in [3.8, 4) is 0 Å². The van der Waals surface area contributed by atoms with E-state index in [1.165, 1.54) is 0 Å². The van der Waals surface area contributed by atoms with Crippen molar-refractivity contribution in [2.45, 2.75) is 32.9 Å². The minimum Gasteiger partial charge on any atom is -0.308 e. The van der Waals surface area contributed by atoms with Crippen LogP contribution in [-0.2, 0) is 0 Å². The molecule has 0 amide bonds. The number of halogens is 3. The third-order valence-electron chi connectivity index (χ3n) is 1.56. The summed E-state index contributed by atoms with van der Waals surface area (Å²) in [5.74, 6) is 0. The molecule has 1 N–H and O–H groups in total. The summed E-state index contributed by atoms with van der Waals surface area (Å²) >= 11 is 0. The van der Waals surface area contributed by atoms with Gasteiger partial charge in [-0.3, -0.25) is 4.99 Å². The maximum absolute atomic E-state index is 12.0. The van der Waals surface area contributed by atoms with E-state index >= 15 is 0 Å². The number of hydrogen-bond donors (Lipinski definition) is 1. The van der Waals surface area contributed by atoms with Crippen LogP contribution in [0.4, 0.5) is 13.2 Å². The molecule has 0 fully saturated rings. The number of nitrogens with one attached hydrogen (secondary N) is 1. The van der Waals surface area contributed by atoms with E-state index in [1.807, 2.05) is 6.92 Å². The summed E-state index contributed by atoms with van der Waals surface area (Å²) in [6.07, 6.45) is -0.911. The van der Waals surface area contributed by atoms with Crippen LogP contribution in [0.2, 0.25) is 0 Å². The van der Waals surface area contributed by atoms with Gasteiger partial charge in [0.25, 0.3) is 0 Å². The van der Waals surface area contributed by atoms with Crippen molar-refractivity contribution in [3.63, 3.8) is 0 Å². The quantitative estimate of drug-likeness (QED) is 0.685. The van der Waals surface area contributed by atoms with Crippen LogP contribution in [0.15, 0.2) is 16.8 Å². The predicted molar refractivity (Wildman–Crippen MR) is 50.9 cm³/mol. The van der Waals surface area contributed by atoms with Crippen molar-refractivity contribution >= 4 is 11.9 Å². The van der Waals surface area contributed by atoms with Gasteiger partial charge in [-0.2, -0.15) is 13.2 Å². The zero-order valence-electron chi connectivity index (χ0n) is 8.15. The molecule has 0 rings (SSSR count). The number of nitrogens with zero attached hydrogens (tertiary/aromatic N) is 1. The molecule has 0 aromatic rings. The molecule has 2 nitrogen and oxygen atoms in total. The molecule has 0 saturated heterocycles. The maximum Gasteiger partial charge on any atom is 0.429 e. The van der Waals surface area contributed by atoms with E-state index < -0.39 is 11.9 Å². The molecular formula is C9H13F3N2. The maximum atomic E-state index is 12.0. The zero-order valence-corrected chi connectivity index (χ0v) is 8.15. The summed E-state index contributed by atoms with van der Waals surface area (Å²) in [5.41, 5.74) is -0.399. The highest BCUT2D eigenvalue weighted by atomic mass is 19.4. The van der Waals surface area contributed by atoms with Crippen molar-refractivity contribution in [2.75, 3.05) is 0 Å². The van der Waals surface area contributed by atoms with Gasteiger partial charge in [-0.25, -0.2) is 0 Å². The first kappa shape index (κ1) is 12.9. The van der Waals surface area contributed by atoms with E-state index in [0.29, 0.717) is 12.0 Å². The molecule has 0 spiro atoms. The van der Waals surface area contributed by atoms with E-state index in [0.717, 1.165) is 25.8 Å². The fourth-order valence-electron chi connectivity index (χ4n) is 0.716. The van der Waals surface area contributed by atoms with E-state index in [2.05, 4.69) is 4.99 Å². The van der Waals surface area contributed by atoms with E-state index in [9.17, 15) is 13.2 Å². The molecule has 0 aliphatic heterocycles. The van der Waals surface area contributed by atoms with Gasteiger partial charge in [0.15, 0.2) is 0 Å². The minimum atomic E-state index is -4.38. The Kier molecular flexibility index (Phi) is 5.12. The van der Waals surface area contributed by atoms with E-state index in [-0.39, 0.29) is 0 Å². The topological polar surface area (TPSA) is 36.2 Å². The van der Waals surface area contributed by atoms with Crippen LogP contribution in [-0.4, -0.2) is 18.1 Å². The van der Waals surface area contributed by atoms with Gasteiger partial charge >= 0.3 is 6.18 Å². The number of alkyl halides is 3. The number of hydrogen-bond acceptors (Lipinski definition) is 2. The third kappa shape index (κ3) is 4.79. The molecule has 0 aliphatic carbocycles. The summed E-state index contributed by atoms with van der Waals surface area (Å²) in [6, 6.07) is 0. The van der Waals surface area contributed by atoms with Crippen LogP contribution in [0.1, 0.15) is 26.7 Å². The second kappa shape index (κ2) is 5.57. The summed E-state index contributed by atoms with van der Waals surface area (Å²) in [5, 5.41) is 6.92. The van der Waals surface area contributed by atoms with Gasteiger partial charge in [-0.05, 0) is 18.9 Å². The monoisotopic (exact) mass is 206 g/mol. The van der Waals surface area contributed by atoms with Crippen LogP contribution >= 0.6 is 0 Å². The van der Waals surface area contributed by atoms with Gasteiger partial charge in [-0.15, -0.1) is 0 Å². The van der Waals surface area contributed by atoms with E-state index in [1.54, 1.807) is 0 Å². The lowest BCUT2D eigenvalue weighted by atomic mass is 10.2. The van der Waals surface area contributed by atoms with Crippen molar-refractivity contribution in [3.05, 3.63) is 11.8 Å². The van der Waals surface area contributed by atoms with Gasteiger partial charge in [0, 0.05) is 12.4 Å². The predicted octanol–water partition coefficient (Wildman–Crippen LogP) is 3.34. The molecule has 0 atom stereocenters. The Hall–Kier alpha value is -1.13. The Morgan fingerprint density at radius 2 is 2.00 bits per heavy atom. The van der Waals surface area contributed by atoms with Gasteiger partial charge in [-0.1, -0.05) is 13.3 Å². The SMILES string of the molecule is CCC/C(C=N)=C/N=C(\C)C(F)(F)F. The summed E-state index contributed by atoms with van der Waals surface area (Å²) in [7, 11) is 0.